The molecule has 0 spiro atoms. The van der Waals surface area contributed by atoms with E-state index in [1.54, 1.807) is 11.3 Å². The van der Waals surface area contributed by atoms with Gasteiger partial charge in [0.25, 0.3) is 0 Å². The summed E-state index contributed by atoms with van der Waals surface area (Å²) >= 11 is 1.78. The van der Waals surface area contributed by atoms with Crippen molar-refractivity contribution in [2.45, 2.75) is 39.2 Å². The van der Waals surface area contributed by atoms with Crippen LogP contribution >= 0.6 is 11.3 Å². The van der Waals surface area contributed by atoms with Crippen LogP contribution in [0.2, 0.25) is 0 Å². The first-order chi connectivity index (χ1) is 8.72. The third-order valence-electron chi connectivity index (χ3n) is 3.90. The molecule has 96 valence electrons. The predicted octanol–water partition coefficient (Wildman–Crippen LogP) is 4.53. The number of nitrogens with zero attached hydrogens (tertiary/aromatic N) is 1. The fourth-order valence-electron chi connectivity index (χ4n) is 3.27. The van der Waals surface area contributed by atoms with Gasteiger partial charge >= 0.3 is 0 Å². The van der Waals surface area contributed by atoms with Crippen LogP contribution in [0.15, 0.2) is 23.7 Å². The Balaban J connectivity index is 1.81. The van der Waals surface area contributed by atoms with Crippen LogP contribution in [0.1, 0.15) is 33.1 Å². The Bertz CT molecular complexity index is 524. The number of hydrogen-bond donors (Lipinski definition) is 1. The lowest BCUT2D eigenvalue weighted by Crippen LogP contribution is -2.30. The van der Waals surface area contributed by atoms with Gasteiger partial charge in [0.05, 0.1) is 0 Å². The molecule has 1 saturated carbocycles. The summed E-state index contributed by atoms with van der Waals surface area (Å²) in [6.07, 6.45) is 5.82. The number of anilines is 1. The average Bonchev–Trinajstić information content (AvgIpc) is 2.76. The molecule has 1 aliphatic carbocycles. The Morgan fingerprint density at radius 1 is 1.17 bits per heavy atom. The summed E-state index contributed by atoms with van der Waals surface area (Å²) in [4.78, 5) is 4.52. The van der Waals surface area contributed by atoms with E-state index in [0.717, 1.165) is 17.7 Å². The lowest BCUT2D eigenvalue weighted by atomic mass is 9.80. The van der Waals surface area contributed by atoms with Crippen LogP contribution in [-0.4, -0.2) is 11.0 Å². The molecule has 0 saturated heterocycles. The molecular formula is C15H20N2S. The van der Waals surface area contributed by atoms with Crippen molar-refractivity contribution in [3.05, 3.63) is 23.7 Å². The molecule has 3 heteroatoms. The maximum atomic E-state index is 4.52. The van der Waals surface area contributed by atoms with Crippen molar-refractivity contribution < 1.29 is 0 Å². The summed E-state index contributed by atoms with van der Waals surface area (Å²) < 4.78 is 1.32. The van der Waals surface area contributed by atoms with Gasteiger partial charge in [-0.25, -0.2) is 4.98 Å². The van der Waals surface area contributed by atoms with Gasteiger partial charge in [-0.1, -0.05) is 13.8 Å². The average molecular weight is 260 g/mol. The molecule has 2 nitrogen and oxygen atoms in total. The van der Waals surface area contributed by atoms with E-state index in [9.17, 15) is 0 Å². The highest BCUT2D eigenvalue weighted by Crippen LogP contribution is 2.32. The fraction of sp³-hybridized carbons (Fsp3) is 0.533. The summed E-state index contributed by atoms with van der Waals surface area (Å²) in [6, 6.07) is 4.85. The van der Waals surface area contributed by atoms with E-state index >= 15 is 0 Å². The topological polar surface area (TPSA) is 24.9 Å². The second-order valence-corrected chi connectivity index (χ2v) is 6.70. The van der Waals surface area contributed by atoms with Crippen molar-refractivity contribution >= 4 is 27.2 Å². The van der Waals surface area contributed by atoms with Gasteiger partial charge in [0.2, 0.25) is 0 Å². The van der Waals surface area contributed by atoms with Gasteiger partial charge in [0, 0.05) is 22.3 Å². The standard InChI is InChI=1S/C15H20N2S/c1-10-7-11(2)9-12(8-10)17-15-13-4-6-18-14(13)3-5-16-15/h3-6,10-12H,7-9H2,1-2H3,(H,16,17). The monoisotopic (exact) mass is 260 g/mol. The first-order valence-electron chi connectivity index (χ1n) is 6.81. The summed E-state index contributed by atoms with van der Waals surface area (Å²) in [6.45, 7) is 4.73. The van der Waals surface area contributed by atoms with Crippen LogP contribution in [-0.2, 0) is 0 Å². The van der Waals surface area contributed by atoms with Crippen LogP contribution in [0, 0.1) is 11.8 Å². The molecule has 2 aromatic rings. The van der Waals surface area contributed by atoms with Crippen molar-refractivity contribution in [3.8, 4) is 0 Å². The van der Waals surface area contributed by atoms with E-state index < -0.39 is 0 Å². The zero-order chi connectivity index (χ0) is 12.5. The predicted molar refractivity (Wildman–Crippen MR) is 79.2 cm³/mol. The minimum Gasteiger partial charge on any atom is -0.367 e. The lowest BCUT2D eigenvalue weighted by Gasteiger charge is -2.32. The number of fused-ring (bicyclic) bond motifs is 1. The Labute approximate surface area is 112 Å². The van der Waals surface area contributed by atoms with Gasteiger partial charge in [0.15, 0.2) is 0 Å². The van der Waals surface area contributed by atoms with Crippen molar-refractivity contribution in [1.82, 2.24) is 4.98 Å². The highest BCUT2D eigenvalue weighted by atomic mass is 32.1. The molecule has 1 fully saturated rings. The first kappa shape index (κ1) is 12.0. The van der Waals surface area contributed by atoms with Crippen LogP contribution in [0.3, 0.4) is 0 Å². The van der Waals surface area contributed by atoms with Crippen LogP contribution < -0.4 is 5.32 Å². The van der Waals surface area contributed by atoms with Crippen LogP contribution in [0.5, 0.6) is 0 Å². The van der Waals surface area contributed by atoms with Gasteiger partial charge in [-0.3, -0.25) is 0 Å². The third-order valence-corrected chi connectivity index (χ3v) is 4.78. The smallest absolute Gasteiger partial charge is 0.134 e. The zero-order valence-corrected chi connectivity index (χ0v) is 11.8. The Morgan fingerprint density at radius 3 is 2.72 bits per heavy atom. The van der Waals surface area contributed by atoms with Crippen LogP contribution in [0.4, 0.5) is 5.82 Å². The summed E-state index contributed by atoms with van der Waals surface area (Å²) in [7, 11) is 0. The highest BCUT2D eigenvalue weighted by Gasteiger charge is 2.24. The molecule has 2 heterocycles. The number of rotatable bonds is 2. The molecule has 1 N–H and O–H groups in total. The number of thiophene rings is 1. The molecule has 2 atom stereocenters. The molecule has 0 bridgehead atoms. The number of pyridine rings is 1. The van der Waals surface area contributed by atoms with E-state index in [1.807, 2.05) is 6.20 Å². The summed E-state index contributed by atoms with van der Waals surface area (Å²) in [5, 5.41) is 7.08. The van der Waals surface area contributed by atoms with Gasteiger partial charge in [-0.15, -0.1) is 11.3 Å². The van der Waals surface area contributed by atoms with Gasteiger partial charge in [-0.05, 0) is 48.6 Å². The molecular weight excluding hydrogens is 240 g/mol. The molecule has 2 unspecified atom stereocenters. The molecule has 1 aliphatic rings. The van der Waals surface area contributed by atoms with Crippen molar-refractivity contribution in [3.63, 3.8) is 0 Å². The van der Waals surface area contributed by atoms with Gasteiger partial charge < -0.3 is 5.32 Å². The molecule has 3 rings (SSSR count). The molecule has 0 aromatic carbocycles. The van der Waals surface area contributed by atoms with Crippen LogP contribution in [0.25, 0.3) is 10.1 Å². The van der Waals surface area contributed by atoms with E-state index in [4.69, 9.17) is 0 Å². The minimum atomic E-state index is 0.585. The zero-order valence-electron chi connectivity index (χ0n) is 11.0. The van der Waals surface area contributed by atoms with E-state index in [-0.39, 0.29) is 0 Å². The summed E-state index contributed by atoms with van der Waals surface area (Å²) in [5.41, 5.74) is 0. The summed E-state index contributed by atoms with van der Waals surface area (Å²) in [5.74, 6) is 2.72. The molecule has 0 aliphatic heterocycles. The number of hydrogen-bond acceptors (Lipinski definition) is 3. The second kappa shape index (κ2) is 4.88. The maximum absolute atomic E-state index is 4.52. The van der Waals surface area contributed by atoms with E-state index in [2.05, 4.69) is 41.7 Å². The third kappa shape index (κ3) is 2.37. The maximum Gasteiger partial charge on any atom is 0.134 e. The second-order valence-electron chi connectivity index (χ2n) is 5.75. The van der Waals surface area contributed by atoms with Gasteiger partial charge in [-0.2, -0.15) is 0 Å². The molecule has 0 amide bonds. The highest BCUT2D eigenvalue weighted by molar-refractivity contribution is 7.17. The molecule has 18 heavy (non-hydrogen) atoms. The fourth-order valence-corrected chi connectivity index (χ4v) is 4.05. The Morgan fingerprint density at radius 2 is 1.94 bits per heavy atom. The van der Waals surface area contributed by atoms with E-state index in [0.29, 0.717) is 6.04 Å². The number of nitrogens with one attached hydrogen (secondary N) is 1. The van der Waals surface area contributed by atoms with Crippen molar-refractivity contribution in [2.24, 2.45) is 11.8 Å². The lowest BCUT2D eigenvalue weighted by molar-refractivity contribution is 0.280. The van der Waals surface area contributed by atoms with Crippen molar-refractivity contribution in [1.29, 1.82) is 0 Å². The largest absolute Gasteiger partial charge is 0.367 e. The number of aromatic nitrogens is 1. The van der Waals surface area contributed by atoms with Gasteiger partial charge in [0.1, 0.15) is 5.82 Å². The minimum absolute atomic E-state index is 0.585. The SMILES string of the molecule is CC1CC(C)CC(Nc2nccc3sccc23)C1. The Kier molecular flexibility index (Phi) is 3.25. The quantitative estimate of drug-likeness (QED) is 0.858. The normalized spacial score (nSPS) is 28.4. The van der Waals surface area contributed by atoms with E-state index in [1.165, 1.54) is 29.3 Å². The Hall–Kier alpha value is -1.09. The van der Waals surface area contributed by atoms with Crippen molar-refractivity contribution in [2.75, 3.05) is 5.32 Å². The molecule has 0 radical (unpaired) electrons. The molecule has 2 aromatic heterocycles. The first-order valence-corrected chi connectivity index (χ1v) is 7.69.